The molecular formula is C18H17ClN2O3. The number of nitrogens with zero attached hydrogens (tertiary/aromatic N) is 2. The average Bonchev–Trinajstić information content (AvgIpc) is 2.61. The summed E-state index contributed by atoms with van der Waals surface area (Å²) in [5.74, 6) is 0.0929. The lowest BCUT2D eigenvalue weighted by molar-refractivity contribution is 0.111. The topological polar surface area (TPSA) is 72.3 Å². The summed E-state index contributed by atoms with van der Waals surface area (Å²) in [7, 11) is 0. The Labute approximate surface area is 145 Å². The van der Waals surface area contributed by atoms with Crippen LogP contribution in [0.3, 0.4) is 0 Å². The van der Waals surface area contributed by atoms with Gasteiger partial charge < -0.3 is 9.84 Å². The van der Waals surface area contributed by atoms with Crippen LogP contribution in [-0.4, -0.2) is 28.0 Å². The number of halogens is 1. The van der Waals surface area contributed by atoms with Gasteiger partial charge in [0, 0.05) is 11.8 Å². The number of aldehydes is 1. The zero-order valence-electron chi connectivity index (χ0n) is 13.0. The van der Waals surface area contributed by atoms with Crippen molar-refractivity contribution in [1.82, 2.24) is 9.97 Å². The summed E-state index contributed by atoms with van der Waals surface area (Å²) in [4.78, 5) is 19.1. The fraction of sp³-hybridized carbons (Fsp3) is 0.278. The molecule has 0 atom stereocenters. The monoisotopic (exact) mass is 344 g/mol. The lowest BCUT2D eigenvalue weighted by Crippen LogP contribution is -2.10. The van der Waals surface area contributed by atoms with E-state index in [1.807, 2.05) is 12.1 Å². The van der Waals surface area contributed by atoms with Crippen molar-refractivity contribution in [1.29, 1.82) is 0 Å². The molecule has 2 heterocycles. The second-order valence-electron chi connectivity index (χ2n) is 5.61. The van der Waals surface area contributed by atoms with Crippen LogP contribution in [0.15, 0.2) is 36.3 Å². The largest absolute Gasteiger partial charge is 0.505 e. The van der Waals surface area contributed by atoms with Crippen molar-refractivity contribution in [3.8, 4) is 11.5 Å². The van der Waals surface area contributed by atoms with Gasteiger partial charge in [0.25, 0.3) is 0 Å². The van der Waals surface area contributed by atoms with Crippen LogP contribution >= 0.6 is 11.6 Å². The molecule has 3 rings (SSSR count). The Bertz CT molecular complexity index is 790. The van der Waals surface area contributed by atoms with Crippen molar-refractivity contribution in [3.05, 3.63) is 52.6 Å². The van der Waals surface area contributed by atoms with Crippen molar-refractivity contribution in [3.63, 3.8) is 0 Å². The molecule has 2 aromatic heterocycles. The summed E-state index contributed by atoms with van der Waals surface area (Å²) in [5, 5.41) is 10.2. The molecule has 124 valence electrons. The third-order valence-corrected chi connectivity index (χ3v) is 4.42. The number of hydrogen-bond donors (Lipinski definition) is 1. The molecule has 0 spiro atoms. The highest BCUT2D eigenvalue weighted by Gasteiger charge is 2.18. The number of pyridine rings is 2. The Morgan fingerprint density at radius 3 is 2.92 bits per heavy atom. The highest BCUT2D eigenvalue weighted by molar-refractivity contribution is 6.31. The van der Waals surface area contributed by atoms with Gasteiger partial charge in [-0.25, -0.2) is 4.98 Å². The number of rotatable bonds is 5. The molecule has 5 nitrogen and oxygen atoms in total. The zero-order valence-corrected chi connectivity index (χ0v) is 13.8. The number of aromatic nitrogens is 2. The molecule has 0 unspecified atom stereocenters. The van der Waals surface area contributed by atoms with Gasteiger partial charge in [0.1, 0.15) is 23.1 Å². The van der Waals surface area contributed by atoms with Gasteiger partial charge in [-0.15, -0.1) is 0 Å². The minimum absolute atomic E-state index is 0.113. The molecule has 0 aliphatic heterocycles. The Kier molecular flexibility index (Phi) is 5.11. The molecule has 6 heteroatoms. The molecule has 0 fully saturated rings. The molecule has 0 aromatic carbocycles. The highest BCUT2D eigenvalue weighted by atomic mass is 35.5. The first-order valence-corrected chi connectivity index (χ1v) is 8.15. The number of carbonyl (C=O) groups excluding carboxylic acids is 1. The molecule has 1 aliphatic rings. The van der Waals surface area contributed by atoms with E-state index in [0.717, 1.165) is 42.4 Å². The van der Waals surface area contributed by atoms with Crippen molar-refractivity contribution < 1.29 is 14.6 Å². The quantitative estimate of drug-likeness (QED) is 0.654. The number of carbonyl (C=O) groups is 1. The summed E-state index contributed by atoms with van der Waals surface area (Å²) in [5.41, 5.74) is 3.33. The maximum absolute atomic E-state index is 11.1. The first-order valence-electron chi connectivity index (χ1n) is 7.77. The third-order valence-electron chi connectivity index (χ3n) is 4.12. The van der Waals surface area contributed by atoms with E-state index in [2.05, 4.69) is 9.97 Å². The smallest absolute Gasteiger partial charge is 0.157 e. The lowest BCUT2D eigenvalue weighted by atomic mass is 9.88. The number of ether oxygens (including phenoxy) is 1. The van der Waals surface area contributed by atoms with E-state index in [9.17, 15) is 9.90 Å². The van der Waals surface area contributed by atoms with E-state index in [1.54, 1.807) is 6.20 Å². The summed E-state index contributed by atoms with van der Waals surface area (Å²) >= 11 is 6.23. The van der Waals surface area contributed by atoms with E-state index in [-0.39, 0.29) is 17.1 Å². The molecular weight excluding hydrogens is 328 g/mol. The first-order chi connectivity index (χ1) is 11.7. The second kappa shape index (κ2) is 7.45. The standard InChI is InChI=1S/C18H17ClN2O3/c19-18-14(6-3-7-21-18)13-5-2-1-4-12(13)11-24-17-9-20-8-16(23)15(17)10-22/h3,6-10,23H,1-2,4-5,11H2. The van der Waals surface area contributed by atoms with Crippen LogP contribution in [0.4, 0.5) is 0 Å². The number of allylic oxidation sites excluding steroid dienone is 1. The van der Waals surface area contributed by atoms with Gasteiger partial charge in [0.2, 0.25) is 0 Å². The predicted molar refractivity (Wildman–Crippen MR) is 91.4 cm³/mol. The normalized spacial score (nSPS) is 14.5. The molecule has 0 saturated heterocycles. The Balaban J connectivity index is 1.88. The van der Waals surface area contributed by atoms with E-state index < -0.39 is 0 Å². The number of aromatic hydroxyl groups is 1. The van der Waals surface area contributed by atoms with Gasteiger partial charge >= 0.3 is 0 Å². The fourth-order valence-electron chi connectivity index (χ4n) is 2.90. The van der Waals surface area contributed by atoms with Gasteiger partial charge in [-0.05, 0) is 42.9 Å². The molecule has 1 aliphatic carbocycles. The van der Waals surface area contributed by atoms with Crippen molar-refractivity contribution in [2.24, 2.45) is 0 Å². The van der Waals surface area contributed by atoms with E-state index in [0.29, 0.717) is 18.0 Å². The highest BCUT2D eigenvalue weighted by Crippen LogP contribution is 2.35. The molecule has 0 saturated carbocycles. The van der Waals surface area contributed by atoms with Crippen molar-refractivity contribution in [2.45, 2.75) is 25.7 Å². The van der Waals surface area contributed by atoms with Gasteiger partial charge in [-0.3, -0.25) is 9.78 Å². The third kappa shape index (κ3) is 3.41. The van der Waals surface area contributed by atoms with Crippen LogP contribution in [0, 0.1) is 0 Å². The van der Waals surface area contributed by atoms with E-state index in [4.69, 9.17) is 16.3 Å². The summed E-state index contributed by atoms with van der Waals surface area (Å²) in [6.45, 7) is 0.326. The van der Waals surface area contributed by atoms with Gasteiger partial charge in [0.15, 0.2) is 12.0 Å². The SMILES string of the molecule is O=Cc1c(O)cncc1OCC1=C(c2cccnc2Cl)CCCC1. The zero-order chi connectivity index (χ0) is 16.9. The second-order valence-corrected chi connectivity index (χ2v) is 5.97. The van der Waals surface area contributed by atoms with Crippen LogP contribution in [-0.2, 0) is 0 Å². The Morgan fingerprint density at radius 2 is 2.12 bits per heavy atom. The van der Waals surface area contributed by atoms with E-state index >= 15 is 0 Å². The van der Waals surface area contributed by atoms with E-state index in [1.165, 1.54) is 12.4 Å². The maximum Gasteiger partial charge on any atom is 0.157 e. The molecule has 1 N–H and O–H groups in total. The van der Waals surface area contributed by atoms with Gasteiger partial charge in [0.05, 0.1) is 12.4 Å². The van der Waals surface area contributed by atoms with Gasteiger partial charge in [-0.2, -0.15) is 0 Å². The van der Waals surface area contributed by atoms with Crippen LogP contribution in [0.2, 0.25) is 5.15 Å². The van der Waals surface area contributed by atoms with Gasteiger partial charge in [-0.1, -0.05) is 17.7 Å². The van der Waals surface area contributed by atoms with Crippen LogP contribution in [0.5, 0.6) is 11.5 Å². The number of hydrogen-bond acceptors (Lipinski definition) is 5. The predicted octanol–water partition coefficient (Wildman–Crippen LogP) is 4.05. The van der Waals surface area contributed by atoms with Crippen LogP contribution in [0.25, 0.3) is 5.57 Å². The lowest BCUT2D eigenvalue weighted by Gasteiger charge is -2.21. The Hall–Kier alpha value is -2.40. The minimum atomic E-state index is -0.185. The molecule has 0 bridgehead atoms. The Morgan fingerprint density at radius 1 is 1.29 bits per heavy atom. The summed E-state index contributed by atoms with van der Waals surface area (Å²) < 4.78 is 5.76. The summed E-state index contributed by atoms with van der Waals surface area (Å²) in [6.07, 6.45) is 8.89. The first kappa shape index (κ1) is 16.5. The average molecular weight is 345 g/mol. The van der Waals surface area contributed by atoms with Crippen molar-refractivity contribution in [2.75, 3.05) is 6.61 Å². The minimum Gasteiger partial charge on any atom is -0.505 e. The van der Waals surface area contributed by atoms with Crippen LogP contribution < -0.4 is 4.74 Å². The van der Waals surface area contributed by atoms with Crippen molar-refractivity contribution >= 4 is 23.5 Å². The molecule has 2 aromatic rings. The van der Waals surface area contributed by atoms with Crippen LogP contribution in [0.1, 0.15) is 41.6 Å². The molecule has 0 radical (unpaired) electrons. The maximum atomic E-state index is 11.1. The summed E-state index contributed by atoms with van der Waals surface area (Å²) in [6, 6.07) is 3.83. The molecule has 24 heavy (non-hydrogen) atoms. The fourth-order valence-corrected chi connectivity index (χ4v) is 3.14. The molecule has 0 amide bonds.